The van der Waals surface area contributed by atoms with Crippen LogP contribution < -0.4 is 5.73 Å². The van der Waals surface area contributed by atoms with E-state index in [1.54, 1.807) is 8.61 Å². The summed E-state index contributed by atoms with van der Waals surface area (Å²) in [7, 11) is -3.38. The predicted molar refractivity (Wildman–Crippen MR) is 92.2 cm³/mol. The first-order valence-corrected chi connectivity index (χ1v) is 9.95. The molecule has 2 heterocycles. The van der Waals surface area contributed by atoms with Crippen LogP contribution in [0.25, 0.3) is 0 Å². The molecule has 0 saturated carbocycles. The largest absolute Gasteiger partial charge is 0.330 e. The van der Waals surface area contributed by atoms with E-state index in [0.29, 0.717) is 26.2 Å². The summed E-state index contributed by atoms with van der Waals surface area (Å²) in [6.07, 6.45) is 3.03. The van der Waals surface area contributed by atoms with Crippen LogP contribution in [0.1, 0.15) is 37.7 Å². The Morgan fingerprint density at radius 1 is 1.17 bits per heavy atom. The van der Waals surface area contributed by atoms with Gasteiger partial charge in [-0.15, -0.1) is 0 Å². The van der Waals surface area contributed by atoms with Gasteiger partial charge >= 0.3 is 0 Å². The monoisotopic (exact) mass is 337 g/mol. The van der Waals surface area contributed by atoms with Gasteiger partial charge < -0.3 is 5.73 Å². The van der Waals surface area contributed by atoms with Gasteiger partial charge in [0, 0.05) is 31.6 Å². The molecule has 0 bridgehead atoms. The second-order valence-corrected chi connectivity index (χ2v) is 8.67. The van der Waals surface area contributed by atoms with Crippen molar-refractivity contribution in [3.8, 4) is 0 Å². The molecule has 23 heavy (non-hydrogen) atoms. The van der Waals surface area contributed by atoms with Gasteiger partial charge in [0.25, 0.3) is 10.2 Å². The number of hydrogen-bond donors (Lipinski definition) is 1. The summed E-state index contributed by atoms with van der Waals surface area (Å²) >= 11 is 0. The maximum Gasteiger partial charge on any atom is 0.282 e. The van der Waals surface area contributed by atoms with E-state index in [2.05, 4.69) is 12.1 Å². The molecule has 0 radical (unpaired) electrons. The van der Waals surface area contributed by atoms with Crippen molar-refractivity contribution in [1.82, 2.24) is 8.61 Å². The van der Waals surface area contributed by atoms with Crippen molar-refractivity contribution in [3.05, 3.63) is 35.9 Å². The molecule has 2 fully saturated rings. The minimum Gasteiger partial charge on any atom is -0.330 e. The summed E-state index contributed by atoms with van der Waals surface area (Å²) < 4.78 is 29.4. The SMILES string of the molecule is CC1CCCCN1S(=O)(=O)N1C[C@@H](CN)[C@H](c2ccccc2)C1. The third kappa shape index (κ3) is 3.31. The number of nitrogens with zero attached hydrogens (tertiary/aromatic N) is 2. The summed E-state index contributed by atoms with van der Waals surface area (Å²) in [5.41, 5.74) is 7.13. The molecule has 6 heteroatoms. The van der Waals surface area contributed by atoms with Crippen LogP contribution in [0.3, 0.4) is 0 Å². The Hall–Kier alpha value is -0.950. The van der Waals surface area contributed by atoms with Crippen LogP contribution in [0.15, 0.2) is 30.3 Å². The van der Waals surface area contributed by atoms with Gasteiger partial charge in [-0.25, -0.2) is 0 Å². The van der Waals surface area contributed by atoms with E-state index in [9.17, 15) is 8.42 Å². The second kappa shape index (κ2) is 6.89. The molecule has 1 unspecified atom stereocenters. The van der Waals surface area contributed by atoms with E-state index >= 15 is 0 Å². The number of benzene rings is 1. The van der Waals surface area contributed by atoms with Crippen LogP contribution in [0.5, 0.6) is 0 Å². The van der Waals surface area contributed by atoms with E-state index in [1.165, 1.54) is 5.56 Å². The fraction of sp³-hybridized carbons (Fsp3) is 0.647. The topological polar surface area (TPSA) is 66.6 Å². The van der Waals surface area contributed by atoms with Crippen LogP contribution in [-0.2, 0) is 10.2 Å². The number of hydrogen-bond acceptors (Lipinski definition) is 3. The first-order chi connectivity index (χ1) is 11.0. The smallest absolute Gasteiger partial charge is 0.282 e. The molecule has 5 nitrogen and oxygen atoms in total. The van der Waals surface area contributed by atoms with Gasteiger partial charge in [0.15, 0.2) is 0 Å². The van der Waals surface area contributed by atoms with Gasteiger partial charge in [-0.2, -0.15) is 17.0 Å². The first-order valence-electron chi connectivity index (χ1n) is 8.56. The molecular formula is C17H27N3O2S. The predicted octanol–water partition coefficient (Wildman–Crippen LogP) is 1.78. The average Bonchev–Trinajstić information content (AvgIpc) is 3.01. The highest BCUT2D eigenvalue weighted by Gasteiger charge is 2.42. The number of piperidine rings is 1. The minimum absolute atomic E-state index is 0.0980. The van der Waals surface area contributed by atoms with E-state index in [-0.39, 0.29) is 17.9 Å². The summed E-state index contributed by atoms with van der Waals surface area (Å²) in [6, 6.07) is 10.3. The van der Waals surface area contributed by atoms with Gasteiger partial charge in [-0.05, 0) is 37.8 Å². The lowest BCUT2D eigenvalue weighted by Crippen LogP contribution is -2.49. The zero-order valence-corrected chi connectivity index (χ0v) is 14.6. The van der Waals surface area contributed by atoms with Crippen molar-refractivity contribution < 1.29 is 8.42 Å². The molecule has 3 rings (SSSR count). The third-order valence-corrected chi connectivity index (χ3v) is 7.39. The van der Waals surface area contributed by atoms with Crippen LogP contribution in [0.2, 0.25) is 0 Å². The highest BCUT2D eigenvalue weighted by molar-refractivity contribution is 7.86. The highest BCUT2D eigenvalue weighted by atomic mass is 32.2. The average molecular weight is 337 g/mol. The fourth-order valence-electron chi connectivity index (χ4n) is 3.90. The third-order valence-electron chi connectivity index (χ3n) is 5.30. The zero-order chi connectivity index (χ0) is 16.4. The summed E-state index contributed by atoms with van der Waals surface area (Å²) in [5, 5.41) is 0. The molecule has 2 aliphatic rings. The molecule has 1 aromatic carbocycles. The minimum atomic E-state index is -3.38. The van der Waals surface area contributed by atoms with Crippen molar-refractivity contribution in [1.29, 1.82) is 0 Å². The van der Waals surface area contributed by atoms with E-state index in [1.807, 2.05) is 25.1 Å². The molecule has 2 saturated heterocycles. The van der Waals surface area contributed by atoms with E-state index in [4.69, 9.17) is 5.73 Å². The lowest BCUT2D eigenvalue weighted by atomic mass is 9.89. The van der Waals surface area contributed by atoms with Crippen LogP contribution in [0.4, 0.5) is 0 Å². The van der Waals surface area contributed by atoms with Crippen LogP contribution in [-0.4, -0.2) is 49.2 Å². The number of rotatable bonds is 4. The Morgan fingerprint density at radius 2 is 1.91 bits per heavy atom. The Morgan fingerprint density at radius 3 is 2.57 bits per heavy atom. The van der Waals surface area contributed by atoms with Gasteiger partial charge in [-0.3, -0.25) is 0 Å². The molecule has 128 valence electrons. The Bertz CT molecular complexity index is 620. The van der Waals surface area contributed by atoms with Crippen LogP contribution in [0, 0.1) is 5.92 Å². The molecule has 2 N–H and O–H groups in total. The van der Waals surface area contributed by atoms with Crippen molar-refractivity contribution in [2.45, 2.75) is 38.1 Å². The van der Waals surface area contributed by atoms with Crippen molar-refractivity contribution in [3.63, 3.8) is 0 Å². The summed E-state index contributed by atoms with van der Waals surface area (Å²) in [4.78, 5) is 0. The summed E-state index contributed by atoms with van der Waals surface area (Å²) in [6.45, 7) is 4.24. The Balaban J connectivity index is 1.81. The second-order valence-electron chi connectivity index (χ2n) is 6.79. The quantitative estimate of drug-likeness (QED) is 0.911. The van der Waals surface area contributed by atoms with Gasteiger partial charge in [0.2, 0.25) is 0 Å². The Labute approximate surface area is 139 Å². The maximum absolute atomic E-state index is 13.0. The van der Waals surface area contributed by atoms with E-state index < -0.39 is 10.2 Å². The maximum atomic E-state index is 13.0. The van der Waals surface area contributed by atoms with Crippen molar-refractivity contribution >= 4 is 10.2 Å². The molecule has 0 spiro atoms. The standard InChI is InChI=1S/C17H27N3O2S/c1-14-7-5-6-10-20(14)23(21,22)19-12-16(11-18)17(13-19)15-8-3-2-4-9-15/h2-4,8-9,14,16-17H,5-7,10-13,18H2,1H3/t14?,16-,17+/m1/s1. The summed E-state index contributed by atoms with van der Waals surface area (Å²) in [5.74, 6) is 0.378. The lowest BCUT2D eigenvalue weighted by molar-refractivity contribution is 0.249. The normalized spacial score (nSPS) is 30.6. The van der Waals surface area contributed by atoms with Crippen molar-refractivity contribution in [2.24, 2.45) is 11.7 Å². The molecule has 0 aromatic heterocycles. The molecule has 0 aliphatic carbocycles. The number of nitrogens with two attached hydrogens (primary N) is 1. The molecule has 2 aliphatic heterocycles. The van der Waals surface area contributed by atoms with Gasteiger partial charge in [-0.1, -0.05) is 36.8 Å². The van der Waals surface area contributed by atoms with Crippen molar-refractivity contribution in [2.75, 3.05) is 26.2 Å². The molecule has 3 atom stereocenters. The van der Waals surface area contributed by atoms with Gasteiger partial charge in [0.1, 0.15) is 0 Å². The first kappa shape index (κ1) is 16.9. The highest BCUT2D eigenvalue weighted by Crippen LogP contribution is 2.35. The van der Waals surface area contributed by atoms with E-state index in [0.717, 1.165) is 19.3 Å². The fourth-order valence-corrected chi connectivity index (χ4v) is 5.85. The van der Waals surface area contributed by atoms with Crippen LogP contribution >= 0.6 is 0 Å². The zero-order valence-electron chi connectivity index (χ0n) is 13.8. The lowest BCUT2D eigenvalue weighted by Gasteiger charge is -2.35. The molecular weight excluding hydrogens is 310 g/mol. The molecule has 1 aromatic rings. The van der Waals surface area contributed by atoms with Gasteiger partial charge in [0.05, 0.1) is 0 Å². The molecule has 0 amide bonds. The Kier molecular flexibility index (Phi) is 5.06.